The molecule has 0 radical (unpaired) electrons. The maximum absolute atomic E-state index is 4.42. The Kier molecular flexibility index (Phi) is 3.59. The average Bonchev–Trinajstić information content (AvgIpc) is 3.30. The SMILES string of the molecule is Cc1cc(C)nc(NCC2CN(c3ccc(C4CC4)nn3)C2)n1. The van der Waals surface area contributed by atoms with Crippen LogP contribution < -0.4 is 10.2 Å². The van der Waals surface area contributed by atoms with Gasteiger partial charge in [0.2, 0.25) is 5.95 Å². The molecule has 6 heteroatoms. The zero-order valence-corrected chi connectivity index (χ0v) is 13.7. The van der Waals surface area contributed by atoms with E-state index in [2.05, 4.69) is 42.5 Å². The van der Waals surface area contributed by atoms with Crippen molar-refractivity contribution in [1.82, 2.24) is 20.2 Å². The molecule has 120 valence electrons. The van der Waals surface area contributed by atoms with Gasteiger partial charge in [0.25, 0.3) is 0 Å². The van der Waals surface area contributed by atoms with Crippen molar-refractivity contribution in [3.05, 3.63) is 35.3 Å². The molecule has 0 atom stereocenters. The molecule has 4 rings (SSSR count). The topological polar surface area (TPSA) is 66.8 Å². The molecule has 1 saturated heterocycles. The molecule has 1 aliphatic carbocycles. The highest BCUT2D eigenvalue weighted by Gasteiger charge is 2.29. The van der Waals surface area contributed by atoms with Crippen LogP contribution in [0.25, 0.3) is 0 Å². The summed E-state index contributed by atoms with van der Waals surface area (Å²) in [6, 6.07) is 6.23. The number of aryl methyl sites for hydroxylation is 2. The molecule has 2 aliphatic rings. The van der Waals surface area contributed by atoms with E-state index < -0.39 is 0 Å². The van der Waals surface area contributed by atoms with E-state index in [1.54, 1.807) is 0 Å². The first-order valence-corrected chi connectivity index (χ1v) is 8.32. The molecule has 1 aliphatic heterocycles. The molecule has 1 saturated carbocycles. The molecular formula is C17H22N6. The molecule has 23 heavy (non-hydrogen) atoms. The first-order valence-electron chi connectivity index (χ1n) is 8.32. The van der Waals surface area contributed by atoms with Gasteiger partial charge in [-0.2, -0.15) is 5.10 Å². The molecule has 2 fully saturated rings. The van der Waals surface area contributed by atoms with Crippen LogP contribution >= 0.6 is 0 Å². The Labute approximate surface area is 136 Å². The van der Waals surface area contributed by atoms with Gasteiger partial charge >= 0.3 is 0 Å². The summed E-state index contributed by atoms with van der Waals surface area (Å²) in [6.07, 6.45) is 2.54. The van der Waals surface area contributed by atoms with Crippen molar-refractivity contribution in [3.63, 3.8) is 0 Å². The first-order chi connectivity index (χ1) is 11.2. The monoisotopic (exact) mass is 310 g/mol. The lowest BCUT2D eigenvalue weighted by atomic mass is 10.0. The van der Waals surface area contributed by atoms with E-state index >= 15 is 0 Å². The van der Waals surface area contributed by atoms with Gasteiger partial charge in [-0.25, -0.2) is 9.97 Å². The fraction of sp³-hybridized carbons (Fsp3) is 0.529. The van der Waals surface area contributed by atoms with Crippen molar-refractivity contribution >= 4 is 11.8 Å². The van der Waals surface area contributed by atoms with Gasteiger partial charge in [-0.3, -0.25) is 0 Å². The van der Waals surface area contributed by atoms with Crippen LogP contribution in [0.5, 0.6) is 0 Å². The van der Waals surface area contributed by atoms with Crippen LogP contribution in [0.3, 0.4) is 0 Å². The third-order valence-corrected chi connectivity index (χ3v) is 4.48. The number of rotatable bonds is 5. The van der Waals surface area contributed by atoms with Crippen LogP contribution in [0.1, 0.15) is 35.8 Å². The van der Waals surface area contributed by atoms with Gasteiger partial charge in [0.1, 0.15) is 0 Å². The van der Waals surface area contributed by atoms with Gasteiger partial charge in [0.05, 0.1) is 5.69 Å². The van der Waals surface area contributed by atoms with E-state index in [0.29, 0.717) is 11.8 Å². The van der Waals surface area contributed by atoms with Crippen molar-refractivity contribution in [3.8, 4) is 0 Å². The summed E-state index contributed by atoms with van der Waals surface area (Å²) in [4.78, 5) is 11.1. The van der Waals surface area contributed by atoms with Crippen LogP contribution in [-0.2, 0) is 0 Å². The minimum absolute atomic E-state index is 0.601. The Hall–Kier alpha value is -2.24. The van der Waals surface area contributed by atoms with Gasteiger partial charge in [-0.05, 0) is 44.9 Å². The second-order valence-corrected chi connectivity index (χ2v) is 6.72. The second kappa shape index (κ2) is 5.76. The Bertz CT molecular complexity index is 668. The van der Waals surface area contributed by atoms with E-state index in [-0.39, 0.29) is 0 Å². The van der Waals surface area contributed by atoms with E-state index in [0.717, 1.165) is 48.5 Å². The molecule has 3 heterocycles. The molecule has 6 nitrogen and oxygen atoms in total. The number of nitrogens with zero attached hydrogens (tertiary/aromatic N) is 5. The van der Waals surface area contributed by atoms with Gasteiger partial charge in [-0.15, -0.1) is 5.10 Å². The van der Waals surface area contributed by atoms with Gasteiger partial charge in [0, 0.05) is 42.9 Å². The van der Waals surface area contributed by atoms with Crippen LogP contribution in [0.4, 0.5) is 11.8 Å². The molecule has 2 aromatic rings. The summed E-state index contributed by atoms with van der Waals surface area (Å²) in [5, 5.41) is 12.1. The normalized spacial score (nSPS) is 17.9. The number of hydrogen-bond donors (Lipinski definition) is 1. The van der Waals surface area contributed by atoms with Crippen LogP contribution in [0.15, 0.2) is 18.2 Å². The van der Waals surface area contributed by atoms with E-state index in [4.69, 9.17) is 0 Å². The fourth-order valence-corrected chi connectivity index (χ4v) is 3.03. The van der Waals surface area contributed by atoms with Gasteiger partial charge < -0.3 is 10.2 Å². The smallest absolute Gasteiger partial charge is 0.223 e. The highest BCUT2D eigenvalue weighted by atomic mass is 15.3. The second-order valence-electron chi connectivity index (χ2n) is 6.72. The van der Waals surface area contributed by atoms with Crippen LogP contribution in [0, 0.1) is 19.8 Å². The summed E-state index contributed by atoms with van der Waals surface area (Å²) in [5.41, 5.74) is 3.15. The number of hydrogen-bond acceptors (Lipinski definition) is 6. The van der Waals surface area contributed by atoms with E-state index in [1.807, 2.05) is 19.9 Å². The standard InChI is InChI=1S/C17H22N6/c1-11-7-12(2)20-17(19-11)18-8-13-9-23(10-13)16-6-5-15(21-22-16)14-3-4-14/h5-7,13-14H,3-4,8-10H2,1-2H3,(H,18,19,20). The van der Waals surface area contributed by atoms with Crippen LogP contribution in [-0.4, -0.2) is 39.8 Å². The first kappa shape index (κ1) is 14.4. The summed E-state index contributed by atoms with van der Waals surface area (Å²) in [7, 11) is 0. The summed E-state index contributed by atoms with van der Waals surface area (Å²) >= 11 is 0. The highest BCUT2D eigenvalue weighted by Crippen LogP contribution is 2.38. The summed E-state index contributed by atoms with van der Waals surface area (Å²) < 4.78 is 0. The molecule has 1 N–H and O–H groups in total. The maximum Gasteiger partial charge on any atom is 0.223 e. The zero-order chi connectivity index (χ0) is 15.8. The third-order valence-electron chi connectivity index (χ3n) is 4.48. The minimum atomic E-state index is 0.601. The van der Waals surface area contributed by atoms with E-state index in [1.165, 1.54) is 12.8 Å². The highest BCUT2D eigenvalue weighted by molar-refractivity contribution is 5.41. The van der Waals surface area contributed by atoms with Gasteiger partial charge in [0.15, 0.2) is 5.82 Å². The fourth-order valence-electron chi connectivity index (χ4n) is 3.03. The number of aromatic nitrogens is 4. The van der Waals surface area contributed by atoms with Crippen molar-refractivity contribution < 1.29 is 0 Å². The Morgan fingerprint density at radius 1 is 1.09 bits per heavy atom. The largest absolute Gasteiger partial charge is 0.354 e. The predicted octanol–water partition coefficient (Wildman–Crippen LogP) is 2.31. The minimum Gasteiger partial charge on any atom is -0.354 e. The molecule has 2 aromatic heterocycles. The van der Waals surface area contributed by atoms with Crippen molar-refractivity contribution in [2.24, 2.45) is 5.92 Å². The molecular weight excluding hydrogens is 288 g/mol. The van der Waals surface area contributed by atoms with Gasteiger partial charge in [-0.1, -0.05) is 0 Å². The zero-order valence-electron chi connectivity index (χ0n) is 13.7. The maximum atomic E-state index is 4.42. The molecule has 0 aromatic carbocycles. The number of anilines is 2. The van der Waals surface area contributed by atoms with Crippen LogP contribution in [0.2, 0.25) is 0 Å². The van der Waals surface area contributed by atoms with Crippen molar-refractivity contribution in [2.75, 3.05) is 29.9 Å². The Balaban J connectivity index is 1.27. The third kappa shape index (κ3) is 3.25. The summed E-state index contributed by atoms with van der Waals surface area (Å²) in [5.74, 6) is 3.00. The lowest BCUT2D eigenvalue weighted by molar-refractivity contribution is 0.424. The molecule has 0 bridgehead atoms. The Morgan fingerprint density at radius 2 is 1.83 bits per heavy atom. The van der Waals surface area contributed by atoms with E-state index in [9.17, 15) is 0 Å². The molecule has 0 spiro atoms. The van der Waals surface area contributed by atoms with Crippen molar-refractivity contribution in [1.29, 1.82) is 0 Å². The lowest BCUT2D eigenvalue weighted by Crippen LogP contribution is -2.50. The molecule has 0 unspecified atom stereocenters. The van der Waals surface area contributed by atoms with Crippen molar-refractivity contribution in [2.45, 2.75) is 32.6 Å². The quantitative estimate of drug-likeness (QED) is 0.914. The lowest BCUT2D eigenvalue weighted by Gasteiger charge is -2.39. The predicted molar refractivity (Wildman–Crippen MR) is 89.7 cm³/mol. The summed E-state index contributed by atoms with van der Waals surface area (Å²) in [6.45, 7) is 6.90. The number of nitrogens with one attached hydrogen (secondary N) is 1. The Morgan fingerprint density at radius 3 is 2.43 bits per heavy atom. The average molecular weight is 310 g/mol. The molecule has 0 amide bonds.